The fourth-order valence-corrected chi connectivity index (χ4v) is 1.71. The zero-order valence-electron chi connectivity index (χ0n) is 8.89. The van der Waals surface area contributed by atoms with E-state index in [0.29, 0.717) is 10.3 Å². The topological polar surface area (TPSA) is 16.1 Å². The molecule has 0 radical (unpaired) electrons. The van der Waals surface area contributed by atoms with Crippen molar-refractivity contribution in [2.45, 2.75) is 19.4 Å². The maximum atomic E-state index is 13.6. The number of aromatic nitrogens is 1. The number of nitrogens with zero attached hydrogens (tertiary/aromatic N) is 2. The van der Waals surface area contributed by atoms with E-state index in [-0.39, 0.29) is 11.4 Å². The minimum atomic E-state index is -0.319. The van der Waals surface area contributed by atoms with Crippen LogP contribution in [0.1, 0.15) is 13.8 Å². The van der Waals surface area contributed by atoms with E-state index in [9.17, 15) is 4.39 Å². The summed E-state index contributed by atoms with van der Waals surface area (Å²) in [5, 5.41) is 0.744. The van der Waals surface area contributed by atoms with Gasteiger partial charge in [0.25, 0.3) is 0 Å². The van der Waals surface area contributed by atoms with Gasteiger partial charge in [0.05, 0.1) is 0 Å². The predicted molar refractivity (Wildman–Crippen MR) is 68.2 cm³/mol. The van der Waals surface area contributed by atoms with E-state index >= 15 is 0 Å². The molecule has 5 heteroatoms. The molecule has 1 aromatic heterocycles. The Bertz CT molecular complexity index is 355. The third-order valence-electron chi connectivity index (χ3n) is 2.34. The fraction of sp³-hybridized carbons (Fsp3) is 0.500. The first kappa shape index (κ1) is 12.9. The van der Waals surface area contributed by atoms with Crippen LogP contribution in [0.2, 0.25) is 0 Å². The molecule has 15 heavy (non-hydrogen) atoms. The highest BCUT2D eigenvalue weighted by Crippen LogP contribution is 2.25. The van der Waals surface area contributed by atoms with Crippen LogP contribution >= 0.6 is 31.9 Å². The summed E-state index contributed by atoms with van der Waals surface area (Å²) in [5.41, 5.74) is -0.179. The average Bonchev–Trinajstić information content (AvgIpc) is 2.17. The molecule has 0 N–H and O–H groups in total. The van der Waals surface area contributed by atoms with Crippen molar-refractivity contribution in [1.82, 2.24) is 4.98 Å². The molecule has 0 aromatic carbocycles. The van der Waals surface area contributed by atoms with Crippen molar-refractivity contribution in [1.29, 1.82) is 0 Å². The van der Waals surface area contributed by atoms with Crippen molar-refractivity contribution in [3.05, 3.63) is 22.6 Å². The van der Waals surface area contributed by atoms with Crippen molar-refractivity contribution in [3.63, 3.8) is 0 Å². The van der Waals surface area contributed by atoms with Gasteiger partial charge in [-0.25, -0.2) is 9.37 Å². The van der Waals surface area contributed by atoms with E-state index in [1.54, 1.807) is 6.20 Å². The molecule has 1 aromatic rings. The lowest BCUT2D eigenvalue weighted by atomic mass is 10.1. The SMILES string of the molecule is CN(c1ncc(Br)cc1F)C(C)(C)CBr. The standard InChI is InChI=1S/C10H13Br2FN2/c1-10(2,6-11)15(3)9-8(13)4-7(12)5-14-9/h4-5H,6H2,1-3H3. The number of rotatable bonds is 3. The summed E-state index contributed by atoms with van der Waals surface area (Å²) in [6.45, 7) is 4.04. The lowest BCUT2D eigenvalue weighted by Crippen LogP contribution is -2.43. The first-order valence-electron chi connectivity index (χ1n) is 4.49. The Labute approximate surface area is 106 Å². The van der Waals surface area contributed by atoms with E-state index in [2.05, 4.69) is 36.8 Å². The maximum absolute atomic E-state index is 13.6. The Morgan fingerprint density at radius 3 is 2.60 bits per heavy atom. The van der Waals surface area contributed by atoms with E-state index < -0.39 is 0 Å². The molecular weight excluding hydrogens is 327 g/mol. The van der Waals surface area contributed by atoms with Crippen molar-refractivity contribution >= 4 is 37.7 Å². The van der Waals surface area contributed by atoms with Crippen molar-refractivity contribution < 1.29 is 4.39 Å². The highest BCUT2D eigenvalue weighted by molar-refractivity contribution is 9.10. The van der Waals surface area contributed by atoms with Crippen LogP contribution in [-0.2, 0) is 0 Å². The van der Waals surface area contributed by atoms with Gasteiger partial charge in [-0.1, -0.05) is 15.9 Å². The summed E-state index contributed by atoms with van der Waals surface area (Å²) in [6, 6.07) is 1.42. The Morgan fingerprint density at radius 2 is 2.13 bits per heavy atom. The van der Waals surface area contributed by atoms with Gasteiger partial charge in [0.2, 0.25) is 0 Å². The quantitative estimate of drug-likeness (QED) is 0.782. The second-order valence-corrected chi connectivity index (χ2v) is 5.44. The minimum Gasteiger partial charge on any atom is -0.351 e. The van der Waals surface area contributed by atoms with E-state index in [4.69, 9.17) is 0 Å². The second-order valence-electron chi connectivity index (χ2n) is 3.96. The van der Waals surface area contributed by atoms with E-state index in [1.807, 2.05) is 25.8 Å². The normalized spacial score (nSPS) is 11.6. The summed E-state index contributed by atoms with van der Waals surface area (Å²) < 4.78 is 14.3. The highest BCUT2D eigenvalue weighted by Gasteiger charge is 2.25. The summed E-state index contributed by atoms with van der Waals surface area (Å²) in [7, 11) is 1.83. The Kier molecular flexibility index (Phi) is 4.12. The number of alkyl halides is 1. The number of anilines is 1. The molecule has 0 atom stereocenters. The molecule has 0 spiro atoms. The maximum Gasteiger partial charge on any atom is 0.166 e. The third kappa shape index (κ3) is 2.91. The van der Waals surface area contributed by atoms with Gasteiger partial charge in [-0.15, -0.1) is 0 Å². The van der Waals surface area contributed by atoms with Gasteiger partial charge in [0, 0.05) is 28.6 Å². The van der Waals surface area contributed by atoms with Crippen LogP contribution in [0.25, 0.3) is 0 Å². The number of pyridine rings is 1. The Balaban J connectivity index is 3.06. The van der Waals surface area contributed by atoms with Gasteiger partial charge in [-0.3, -0.25) is 0 Å². The second kappa shape index (κ2) is 4.78. The van der Waals surface area contributed by atoms with Crippen LogP contribution < -0.4 is 4.90 Å². The predicted octanol–water partition coefficient (Wildman–Crippen LogP) is 3.59. The molecular formula is C10H13Br2FN2. The number of hydrogen-bond donors (Lipinski definition) is 0. The van der Waals surface area contributed by atoms with Crippen molar-refractivity contribution in [2.24, 2.45) is 0 Å². The molecule has 2 nitrogen and oxygen atoms in total. The average molecular weight is 340 g/mol. The number of hydrogen-bond acceptors (Lipinski definition) is 2. The first-order chi connectivity index (χ1) is 6.88. The molecule has 1 heterocycles. The lowest BCUT2D eigenvalue weighted by molar-refractivity contribution is 0.525. The van der Waals surface area contributed by atoms with Crippen LogP contribution in [0.15, 0.2) is 16.7 Å². The molecule has 0 saturated carbocycles. The van der Waals surface area contributed by atoms with Crippen LogP contribution in [-0.4, -0.2) is 22.9 Å². The van der Waals surface area contributed by atoms with Gasteiger partial charge >= 0.3 is 0 Å². The van der Waals surface area contributed by atoms with Gasteiger partial charge in [0.15, 0.2) is 11.6 Å². The van der Waals surface area contributed by atoms with Crippen LogP contribution in [0, 0.1) is 5.82 Å². The van der Waals surface area contributed by atoms with E-state index in [0.717, 1.165) is 5.33 Å². The van der Waals surface area contributed by atoms with Crippen LogP contribution in [0.3, 0.4) is 0 Å². The molecule has 0 aliphatic heterocycles. The van der Waals surface area contributed by atoms with Crippen LogP contribution in [0.5, 0.6) is 0 Å². The Morgan fingerprint density at radius 1 is 1.53 bits per heavy atom. The van der Waals surface area contributed by atoms with Crippen LogP contribution in [0.4, 0.5) is 10.2 Å². The van der Waals surface area contributed by atoms with Gasteiger partial charge in [-0.05, 0) is 35.8 Å². The summed E-state index contributed by atoms with van der Waals surface area (Å²) in [6.07, 6.45) is 1.60. The lowest BCUT2D eigenvalue weighted by Gasteiger charge is -2.35. The fourth-order valence-electron chi connectivity index (χ4n) is 1.03. The highest BCUT2D eigenvalue weighted by atomic mass is 79.9. The van der Waals surface area contributed by atoms with Crippen molar-refractivity contribution in [3.8, 4) is 0 Å². The molecule has 0 bridgehead atoms. The summed E-state index contributed by atoms with van der Waals surface area (Å²) in [5.74, 6) is 0.0450. The summed E-state index contributed by atoms with van der Waals surface area (Å²) >= 11 is 6.59. The van der Waals surface area contributed by atoms with Gasteiger partial charge < -0.3 is 4.90 Å². The zero-order chi connectivity index (χ0) is 11.6. The largest absolute Gasteiger partial charge is 0.351 e. The molecule has 0 unspecified atom stereocenters. The zero-order valence-corrected chi connectivity index (χ0v) is 12.1. The van der Waals surface area contributed by atoms with Gasteiger partial charge in [0.1, 0.15) is 0 Å². The third-order valence-corrected chi connectivity index (χ3v) is 4.15. The first-order valence-corrected chi connectivity index (χ1v) is 6.41. The number of halogens is 3. The molecule has 0 fully saturated rings. The summed E-state index contributed by atoms with van der Waals surface area (Å²) in [4.78, 5) is 5.90. The Hall–Kier alpha value is -0.160. The molecule has 1 rings (SSSR count). The van der Waals surface area contributed by atoms with Crippen molar-refractivity contribution in [2.75, 3.05) is 17.3 Å². The molecule has 0 aliphatic carbocycles. The monoisotopic (exact) mass is 338 g/mol. The van der Waals surface area contributed by atoms with Gasteiger partial charge in [-0.2, -0.15) is 0 Å². The molecule has 0 saturated heterocycles. The molecule has 84 valence electrons. The minimum absolute atomic E-state index is 0.179. The smallest absolute Gasteiger partial charge is 0.166 e. The molecule has 0 amide bonds. The molecule has 0 aliphatic rings. The van der Waals surface area contributed by atoms with E-state index in [1.165, 1.54) is 6.07 Å².